The SMILES string of the molecule is CC(C)(C)[Si](OCC1OC2C(Oc3nc(=O)ccn32)C1OC(=O)n1ccnc1)(c1ccccc1)c1ccccc1. The van der Waals surface area contributed by atoms with E-state index in [2.05, 4.69) is 55.0 Å². The van der Waals surface area contributed by atoms with Crippen molar-refractivity contribution in [3.63, 3.8) is 0 Å². The Morgan fingerprint density at radius 2 is 1.68 bits per heavy atom. The molecule has 0 spiro atoms. The zero-order valence-corrected chi connectivity index (χ0v) is 23.4. The Morgan fingerprint density at radius 3 is 2.27 bits per heavy atom. The average molecular weight is 559 g/mol. The molecule has 4 unspecified atom stereocenters. The van der Waals surface area contributed by atoms with Gasteiger partial charge in [0.25, 0.3) is 13.9 Å². The van der Waals surface area contributed by atoms with Gasteiger partial charge in [0, 0.05) is 24.7 Å². The fraction of sp³-hybridized carbons (Fsp3) is 0.310. The Hall–Kier alpha value is -4.06. The number of aromatic nitrogens is 4. The third kappa shape index (κ3) is 4.45. The smallest absolute Gasteiger partial charge is 0.419 e. The minimum absolute atomic E-state index is 0.123. The Bertz CT molecular complexity index is 1500. The lowest BCUT2D eigenvalue weighted by Crippen LogP contribution is -2.67. The first kappa shape index (κ1) is 26.2. The first-order valence-corrected chi connectivity index (χ1v) is 15.0. The Balaban J connectivity index is 1.36. The van der Waals surface area contributed by atoms with Crippen molar-refractivity contribution in [2.45, 2.75) is 50.3 Å². The highest BCUT2D eigenvalue weighted by molar-refractivity contribution is 6.99. The summed E-state index contributed by atoms with van der Waals surface area (Å²) >= 11 is 0. The molecular formula is C29H30N4O6Si. The number of carbonyl (C=O) groups is 1. The molecular weight excluding hydrogens is 528 g/mol. The van der Waals surface area contributed by atoms with Crippen LogP contribution in [0.25, 0.3) is 0 Å². The maximum Gasteiger partial charge on any atom is 0.419 e. The van der Waals surface area contributed by atoms with E-state index in [1.807, 2.05) is 36.4 Å². The molecule has 0 radical (unpaired) electrons. The van der Waals surface area contributed by atoms with E-state index in [1.54, 1.807) is 10.8 Å². The van der Waals surface area contributed by atoms with Crippen LogP contribution >= 0.6 is 0 Å². The van der Waals surface area contributed by atoms with Crippen LogP contribution in [0.1, 0.15) is 27.0 Å². The molecule has 40 heavy (non-hydrogen) atoms. The number of benzene rings is 2. The van der Waals surface area contributed by atoms with Gasteiger partial charge < -0.3 is 18.6 Å². The fourth-order valence-corrected chi connectivity index (χ4v) is 10.2. The number of rotatable bonds is 6. The van der Waals surface area contributed by atoms with Crippen LogP contribution in [0.3, 0.4) is 0 Å². The summed E-state index contributed by atoms with van der Waals surface area (Å²) in [5, 5.41) is 2.00. The molecule has 1 saturated heterocycles. The molecule has 6 rings (SSSR count). The number of hydrogen-bond donors (Lipinski definition) is 0. The summed E-state index contributed by atoms with van der Waals surface area (Å²) in [5.41, 5.74) is -0.426. The van der Waals surface area contributed by atoms with Crippen LogP contribution in [0.5, 0.6) is 6.01 Å². The number of hydrogen-bond acceptors (Lipinski definition) is 8. The average Bonchev–Trinajstić information content (AvgIpc) is 3.67. The van der Waals surface area contributed by atoms with Gasteiger partial charge in [0.2, 0.25) is 0 Å². The van der Waals surface area contributed by atoms with Crippen LogP contribution in [0, 0.1) is 0 Å². The van der Waals surface area contributed by atoms with Crippen molar-refractivity contribution in [2.24, 2.45) is 0 Å². The second-order valence-electron chi connectivity index (χ2n) is 10.9. The zero-order valence-electron chi connectivity index (χ0n) is 22.4. The van der Waals surface area contributed by atoms with Gasteiger partial charge in [0.05, 0.1) is 6.61 Å². The molecule has 2 aliphatic rings. The van der Waals surface area contributed by atoms with Crippen LogP contribution in [-0.2, 0) is 13.9 Å². The molecule has 2 aliphatic heterocycles. The second-order valence-corrected chi connectivity index (χ2v) is 15.2. The van der Waals surface area contributed by atoms with E-state index < -0.39 is 44.5 Å². The van der Waals surface area contributed by atoms with Crippen molar-refractivity contribution in [1.82, 2.24) is 19.1 Å². The normalized spacial score (nSPS) is 21.9. The van der Waals surface area contributed by atoms with Gasteiger partial charge in [-0.25, -0.2) is 14.3 Å². The van der Waals surface area contributed by atoms with Gasteiger partial charge >= 0.3 is 12.1 Å². The highest BCUT2D eigenvalue weighted by Gasteiger charge is 2.56. The molecule has 4 atom stereocenters. The van der Waals surface area contributed by atoms with E-state index in [-0.39, 0.29) is 17.7 Å². The minimum Gasteiger partial charge on any atom is -0.452 e. The highest BCUT2D eigenvalue weighted by atomic mass is 28.4. The van der Waals surface area contributed by atoms with Gasteiger partial charge in [-0.2, -0.15) is 4.98 Å². The van der Waals surface area contributed by atoms with E-state index in [0.29, 0.717) is 0 Å². The Morgan fingerprint density at radius 1 is 1.00 bits per heavy atom. The van der Waals surface area contributed by atoms with Crippen molar-refractivity contribution in [1.29, 1.82) is 0 Å². The van der Waals surface area contributed by atoms with Gasteiger partial charge in [-0.05, 0) is 15.4 Å². The summed E-state index contributed by atoms with van der Waals surface area (Å²) in [5.74, 6) is 0. The van der Waals surface area contributed by atoms with E-state index >= 15 is 0 Å². The number of carbonyl (C=O) groups excluding carboxylic acids is 1. The number of imidazole rings is 1. The molecule has 0 amide bonds. The molecule has 206 valence electrons. The van der Waals surface area contributed by atoms with Gasteiger partial charge in [0.15, 0.2) is 18.4 Å². The number of fused-ring (bicyclic) bond motifs is 3. The van der Waals surface area contributed by atoms with E-state index in [1.165, 1.54) is 29.4 Å². The molecule has 0 N–H and O–H groups in total. The predicted molar refractivity (Wildman–Crippen MR) is 148 cm³/mol. The van der Waals surface area contributed by atoms with Gasteiger partial charge in [-0.3, -0.25) is 9.36 Å². The standard InChI is InChI=1S/C29H30N4O6Si/c1-29(2,3)40(20-10-6-4-7-11-20,21-12-8-5-9-13-21)36-18-22-24(39-28(35)32-17-15-30-19-32)25-26(37-22)33-16-14-23(34)31-27(33)38-25/h4-17,19,22,24-26H,18H2,1-3H3. The van der Waals surface area contributed by atoms with Crippen molar-refractivity contribution in [3.8, 4) is 6.01 Å². The lowest BCUT2D eigenvalue weighted by atomic mass is 10.1. The van der Waals surface area contributed by atoms with Crippen molar-refractivity contribution in [2.75, 3.05) is 6.61 Å². The largest absolute Gasteiger partial charge is 0.452 e. The summed E-state index contributed by atoms with van der Waals surface area (Å²) in [6, 6.07) is 22.0. The molecule has 2 aromatic carbocycles. The molecule has 4 aromatic rings. The third-order valence-electron chi connectivity index (χ3n) is 7.44. The Kier molecular flexibility index (Phi) is 6.65. The van der Waals surface area contributed by atoms with Crippen LogP contribution in [-0.4, -0.2) is 58.4 Å². The lowest BCUT2D eigenvalue weighted by molar-refractivity contribution is -0.0431. The molecule has 0 aliphatic carbocycles. The molecule has 0 bridgehead atoms. The summed E-state index contributed by atoms with van der Waals surface area (Å²) in [6.07, 6.45) is 2.48. The van der Waals surface area contributed by atoms with Crippen LogP contribution in [0.15, 0.2) is 96.4 Å². The lowest BCUT2D eigenvalue weighted by Gasteiger charge is -2.43. The maximum absolute atomic E-state index is 13.0. The molecule has 2 aromatic heterocycles. The molecule has 0 saturated carbocycles. The number of nitrogens with zero attached hydrogens (tertiary/aromatic N) is 4. The number of ether oxygens (including phenoxy) is 3. The van der Waals surface area contributed by atoms with E-state index in [4.69, 9.17) is 18.6 Å². The van der Waals surface area contributed by atoms with Gasteiger partial charge in [0.1, 0.15) is 12.4 Å². The van der Waals surface area contributed by atoms with Crippen molar-refractivity contribution in [3.05, 3.63) is 102 Å². The summed E-state index contributed by atoms with van der Waals surface area (Å²) in [7, 11) is -2.89. The van der Waals surface area contributed by atoms with Crippen molar-refractivity contribution >= 4 is 24.8 Å². The predicted octanol–water partition coefficient (Wildman–Crippen LogP) is 2.73. The van der Waals surface area contributed by atoms with E-state index in [9.17, 15) is 9.59 Å². The second kappa shape index (κ2) is 10.2. The minimum atomic E-state index is -2.89. The third-order valence-corrected chi connectivity index (χ3v) is 12.4. The fourth-order valence-electron chi connectivity index (χ4n) is 5.65. The van der Waals surface area contributed by atoms with Crippen molar-refractivity contribution < 1.29 is 23.4 Å². The van der Waals surface area contributed by atoms with E-state index in [0.717, 1.165) is 10.4 Å². The first-order valence-electron chi connectivity index (χ1n) is 13.1. The molecule has 11 heteroatoms. The summed E-state index contributed by atoms with van der Waals surface area (Å²) < 4.78 is 28.4. The van der Waals surface area contributed by atoms with Gasteiger partial charge in [-0.15, -0.1) is 0 Å². The van der Waals surface area contributed by atoms with Crippen LogP contribution in [0.2, 0.25) is 5.04 Å². The first-order chi connectivity index (χ1) is 19.3. The summed E-state index contributed by atoms with van der Waals surface area (Å²) in [4.78, 5) is 32.7. The van der Waals surface area contributed by atoms with Gasteiger partial charge in [-0.1, -0.05) is 81.4 Å². The Labute approximate surface area is 232 Å². The molecule has 1 fully saturated rings. The zero-order chi connectivity index (χ0) is 27.9. The van der Waals surface area contributed by atoms with Crippen LogP contribution < -0.4 is 20.7 Å². The topological polar surface area (TPSA) is 107 Å². The highest BCUT2D eigenvalue weighted by Crippen LogP contribution is 2.42. The molecule has 4 heterocycles. The quantitative estimate of drug-likeness (QED) is 0.333. The van der Waals surface area contributed by atoms with Crippen LogP contribution in [0.4, 0.5) is 4.79 Å². The monoisotopic (exact) mass is 558 g/mol. The maximum atomic E-state index is 13.0. The summed E-state index contributed by atoms with van der Waals surface area (Å²) in [6.45, 7) is 6.73. The molecule has 10 nitrogen and oxygen atoms in total.